The maximum absolute atomic E-state index is 12.2. The van der Waals surface area contributed by atoms with Gasteiger partial charge in [0, 0.05) is 5.75 Å². The Kier molecular flexibility index (Phi) is 6.25. The summed E-state index contributed by atoms with van der Waals surface area (Å²) in [6, 6.07) is 14.8. The number of hydrogen-bond acceptors (Lipinski definition) is 7. The van der Waals surface area contributed by atoms with Crippen LogP contribution in [0.3, 0.4) is 0 Å². The quantitative estimate of drug-likeness (QED) is 0.328. The number of hydrogen-bond donors (Lipinski definition) is 0. The molecular formula is C19H17NO4S2. The minimum atomic E-state index is -0.401. The van der Waals surface area contributed by atoms with Gasteiger partial charge in [-0.2, -0.15) is 0 Å². The first kappa shape index (κ1) is 18.4. The average Bonchev–Trinajstić information content (AvgIpc) is 3.08. The molecule has 134 valence electrons. The van der Waals surface area contributed by atoms with Crippen molar-refractivity contribution < 1.29 is 19.1 Å². The summed E-state index contributed by atoms with van der Waals surface area (Å²) < 4.78 is 12.3. The number of carbonyl (C=O) groups is 2. The fraction of sp³-hybridized carbons (Fsp3) is 0.211. The van der Waals surface area contributed by atoms with Crippen LogP contribution in [0, 0.1) is 0 Å². The van der Waals surface area contributed by atoms with Crippen molar-refractivity contribution in [3.05, 3.63) is 54.1 Å². The summed E-state index contributed by atoms with van der Waals surface area (Å²) in [6.45, 7) is -0.287. The van der Waals surface area contributed by atoms with Crippen molar-refractivity contribution in [2.45, 2.75) is 10.8 Å². The van der Waals surface area contributed by atoms with Crippen molar-refractivity contribution in [1.82, 2.24) is 4.98 Å². The molecule has 0 fully saturated rings. The van der Waals surface area contributed by atoms with E-state index in [2.05, 4.69) is 4.98 Å². The van der Waals surface area contributed by atoms with E-state index in [0.717, 1.165) is 14.6 Å². The third-order valence-corrected chi connectivity index (χ3v) is 5.76. The number of para-hydroxylation sites is 2. The van der Waals surface area contributed by atoms with E-state index in [9.17, 15) is 9.59 Å². The highest BCUT2D eigenvalue weighted by Crippen LogP contribution is 2.29. The van der Waals surface area contributed by atoms with Gasteiger partial charge in [0.1, 0.15) is 5.75 Å². The summed E-state index contributed by atoms with van der Waals surface area (Å²) >= 11 is 3.11. The topological polar surface area (TPSA) is 65.5 Å². The molecule has 0 unspecified atom stereocenters. The molecule has 26 heavy (non-hydrogen) atoms. The Morgan fingerprint density at radius 3 is 2.69 bits per heavy atom. The molecule has 0 radical (unpaired) electrons. The second-order valence-electron chi connectivity index (χ2n) is 5.33. The van der Waals surface area contributed by atoms with Gasteiger partial charge in [-0.1, -0.05) is 36.0 Å². The van der Waals surface area contributed by atoms with Gasteiger partial charge in [-0.3, -0.25) is 9.59 Å². The monoisotopic (exact) mass is 387 g/mol. The summed E-state index contributed by atoms with van der Waals surface area (Å²) in [5, 5.41) is 0. The van der Waals surface area contributed by atoms with Crippen LogP contribution in [0.2, 0.25) is 0 Å². The van der Waals surface area contributed by atoms with Crippen LogP contribution in [0.25, 0.3) is 10.2 Å². The zero-order chi connectivity index (χ0) is 18.4. The number of methoxy groups -OCH3 is 1. The van der Waals surface area contributed by atoms with E-state index in [1.54, 1.807) is 35.6 Å². The maximum atomic E-state index is 12.2. The standard InChI is InChI=1S/C19H17NO4S2/c1-23-16-8-4-2-6-13(16)15(21)12-24-18(22)10-11-25-19-20-14-7-3-5-9-17(14)26-19/h2-9H,10-12H2,1H3. The molecule has 0 aliphatic rings. The van der Waals surface area contributed by atoms with Crippen molar-refractivity contribution in [3.8, 4) is 5.75 Å². The minimum Gasteiger partial charge on any atom is -0.496 e. The normalized spacial score (nSPS) is 10.7. The van der Waals surface area contributed by atoms with Crippen LogP contribution in [-0.2, 0) is 9.53 Å². The molecule has 0 aliphatic carbocycles. The molecule has 3 aromatic rings. The number of thiazole rings is 1. The molecule has 0 atom stereocenters. The van der Waals surface area contributed by atoms with Gasteiger partial charge in [-0.25, -0.2) is 4.98 Å². The lowest BCUT2D eigenvalue weighted by atomic mass is 10.1. The first-order valence-corrected chi connectivity index (χ1v) is 9.78. The van der Waals surface area contributed by atoms with Crippen LogP contribution in [-0.4, -0.2) is 36.2 Å². The molecule has 0 amide bonds. The van der Waals surface area contributed by atoms with Crippen LogP contribution in [0.15, 0.2) is 52.9 Å². The third kappa shape index (κ3) is 4.62. The molecule has 0 spiro atoms. The number of rotatable bonds is 8. The Hall–Kier alpha value is -2.38. The fourth-order valence-electron chi connectivity index (χ4n) is 2.31. The number of nitrogens with zero attached hydrogens (tertiary/aromatic N) is 1. The van der Waals surface area contributed by atoms with E-state index in [1.807, 2.05) is 24.3 Å². The first-order valence-electron chi connectivity index (χ1n) is 7.97. The van der Waals surface area contributed by atoms with Crippen molar-refractivity contribution in [2.24, 2.45) is 0 Å². The molecule has 0 bridgehead atoms. The molecule has 1 heterocycles. The highest BCUT2D eigenvalue weighted by molar-refractivity contribution is 8.01. The second kappa shape index (κ2) is 8.82. The van der Waals surface area contributed by atoms with Gasteiger partial charge in [0.2, 0.25) is 5.78 Å². The molecular weight excluding hydrogens is 370 g/mol. The summed E-state index contributed by atoms with van der Waals surface area (Å²) in [5.74, 6) is 0.345. The second-order valence-corrected chi connectivity index (χ2v) is 7.70. The number of ketones is 1. The summed E-state index contributed by atoms with van der Waals surface area (Å²) in [4.78, 5) is 28.5. The number of ether oxygens (including phenoxy) is 2. The molecule has 2 aromatic carbocycles. The van der Waals surface area contributed by atoms with Crippen LogP contribution in [0.5, 0.6) is 5.75 Å². The van der Waals surface area contributed by atoms with Gasteiger partial charge in [0.15, 0.2) is 10.9 Å². The summed E-state index contributed by atoms with van der Waals surface area (Å²) in [7, 11) is 1.50. The number of Topliss-reactive ketones (excluding diaryl/α,β-unsaturated/α-hetero) is 1. The Morgan fingerprint density at radius 2 is 1.88 bits per heavy atom. The molecule has 7 heteroatoms. The van der Waals surface area contributed by atoms with Crippen molar-refractivity contribution in [2.75, 3.05) is 19.5 Å². The number of fused-ring (bicyclic) bond motifs is 1. The van der Waals surface area contributed by atoms with E-state index < -0.39 is 5.97 Å². The fourth-order valence-corrected chi connectivity index (χ4v) is 4.36. The number of esters is 1. The Balaban J connectivity index is 1.44. The zero-order valence-corrected chi connectivity index (χ0v) is 15.8. The van der Waals surface area contributed by atoms with Crippen molar-refractivity contribution in [3.63, 3.8) is 0 Å². The van der Waals surface area contributed by atoms with Crippen LogP contribution < -0.4 is 4.74 Å². The van der Waals surface area contributed by atoms with Crippen molar-refractivity contribution in [1.29, 1.82) is 0 Å². The molecule has 3 rings (SSSR count). The van der Waals surface area contributed by atoms with E-state index in [4.69, 9.17) is 9.47 Å². The molecule has 0 N–H and O–H groups in total. The number of benzene rings is 2. The van der Waals surface area contributed by atoms with Gasteiger partial charge < -0.3 is 9.47 Å². The lowest BCUT2D eigenvalue weighted by Gasteiger charge is -2.07. The highest BCUT2D eigenvalue weighted by Gasteiger charge is 2.14. The molecule has 0 saturated carbocycles. The van der Waals surface area contributed by atoms with Crippen LogP contribution in [0.4, 0.5) is 0 Å². The smallest absolute Gasteiger partial charge is 0.307 e. The SMILES string of the molecule is COc1ccccc1C(=O)COC(=O)CCSc1nc2ccccc2s1. The van der Waals surface area contributed by atoms with Gasteiger partial charge in [0.05, 0.1) is 29.3 Å². The van der Waals surface area contributed by atoms with Gasteiger partial charge in [-0.15, -0.1) is 11.3 Å². The Bertz CT molecular complexity index is 890. The Labute approximate surface area is 159 Å². The van der Waals surface area contributed by atoms with E-state index in [0.29, 0.717) is 17.1 Å². The zero-order valence-electron chi connectivity index (χ0n) is 14.1. The molecule has 5 nitrogen and oxygen atoms in total. The summed E-state index contributed by atoms with van der Waals surface area (Å²) in [6.07, 6.45) is 0.222. The van der Waals surface area contributed by atoms with Crippen LogP contribution in [0.1, 0.15) is 16.8 Å². The minimum absolute atomic E-state index is 0.222. The van der Waals surface area contributed by atoms with Crippen LogP contribution >= 0.6 is 23.1 Å². The predicted octanol–water partition coefficient (Wildman–Crippen LogP) is 4.21. The number of aromatic nitrogens is 1. The van der Waals surface area contributed by atoms with E-state index in [1.165, 1.54) is 18.9 Å². The van der Waals surface area contributed by atoms with Crippen molar-refractivity contribution >= 4 is 45.1 Å². The lowest BCUT2D eigenvalue weighted by molar-refractivity contribution is -0.141. The third-order valence-electron chi connectivity index (χ3n) is 3.58. The molecule has 0 aliphatic heterocycles. The maximum Gasteiger partial charge on any atom is 0.307 e. The van der Waals surface area contributed by atoms with Gasteiger partial charge >= 0.3 is 5.97 Å². The summed E-state index contributed by atoms with van der Waals surface area (Å²) in [5.41, 5.74) is 1.37. The highest BCUT2D eigenvalue weighted by atomic mass is 32.2. The largest absolute Gasteiger partial charge is 0.496 e. The van der Waals surface area contributed by atoms with Gasteiger partial charge in [-0.05, 0) is 24.3 Å². The molecule has 0 saturated heterocycles. The van der Waals surface area contributed by atoms with E-state index in [-0.39, 0.29) is 18.8 Å². The first-order chi connectivity index (χ1) is 12.7. The average molecular weight is 387 g/mol. The van der Waals surface area contributed by atoms with Gasteiger partial charge in [0.25, 0.3) is 0 Å². The number of thioether (sulfide) groups is 1. The van der Waals surface area contributed by atoms with E-state index >= 15 is 0 Å². The molecule has 1 aromatic heterocycles. The number of carbonyl (C=O) groups excluding carboxylic acids is 2. The Morgan fingerprint density at radius 1 is 1.12 bits per heavy atom. The lowest BCUT2D eigenvalue weighted by Crippen LogP contribution is -2.15. The predicted molar refractivity (Wildman–Crippen MR) is 103 cm³/mol.